The molecular formula is C32H40FN9O2S. The average molecular weight is 634 g/mol. The maximum Gasteiger partial charge on any atom is 0.254 e. The lowest BCUT2D eigenvalue weighted by Gasteiger charge is -2.43. The molecule has 0 aliphatic carbocycles. The standard InChI is InChI=1S/C32H40FN9O2S/c1-19-28(38-14-20-4-5-23-24(27(20)33)17-42(31(23)43)21-3-2-9-36-15-21)32(18-44-19)7-11-41(12-8-32)26-16-39-30(29(35)40-26)45-22-6-10-37-25(34)13-22/h4-6,10,13,16,19,21,28,36,38H,2-3,7-9,11-12,14-15,17-18H2,1H3,(H2,34,37)(H2,35,40)/t19-,21?,28+/m0/s1. The highest BCUT2D eigenvalue weighted by molar-refractivity contribution is 7.99. The number of hydrogen-bond acceptors (Lipinski definition) is 11. The molecule has 6 N–H and O–H groups in total. The van der Waals surface area contributed by atoms with E-state index in [1.54, 1.807) is 30.6 Å². The highest BCUT2D eigenvalue weighted by atomic mass is 32.2. The number of rotatable bonds is 7. The van der Waals surface area contributed by atoms with Crippen LogP contribution in [-0.4, -0.2) is 76.7 Å². The summed E-state index contributed by atoms with van der Waals surface area (Å²) in [6, 6.07) is 7.40. The number of nitrogens with two attached hydrogens (primary N) is 2. The second-order valence-electron chi connectivity index (χ2n) is 12.7. The van der Waals surface area contributed by atoms with Crippen molar-refractivity contribution < 1.29 is 13.9 Å². The molecule has 45 heavy (non-hydrogen) atoms. The fraction of sp³-hybridized carbons (Fsp3) is 0.500. The molecule has 4 aliphatic rings. The topological polar surface area (TPSA) is 148 Å². The van der Waals surface area contributed by atoms with Crippen LogP contribution in [0.4, 0.5) is 21.8 Å². The summed E-state index contributed by atoms with van der Waals surface area (Å²) in [4.78, 5) is 31.4. The molecule has 7 rings (SSSR count). The molecule has 1 spiro atoms. The van der Waals surface area contributed by atoms with E-state index in [2.05, 4.69) is 37.4 Å². The predicted octanol–water partition coefficient (Wildman–Crippen LogP) is 3.20. The van der Waals surface area contributed by atoms with Crippen molar-refractivity contribution in [3.05, 3.63) is 59.2 Å². The molecule has 3 saturated heterocycles. The van der Waals surface area contributed by atoms with Gasteiger partial charge in [0.05, 0.1) is 25.5 Å². The summed E-state index contributed by atoms with van der Waals surface area (Å²) in [5.74, 6) is 1.25. The number of pyridine rings is 1. The van der Waals surface area contributed by atoms with Crippen molar-refractivity contribution in [3.63, 3.8) is 0 Å². The first-order chi connectivity index (χ1) is 21.8. The number of hydrogen-bond donors (Lipinski definition) is 4. The van der Waals surface area contributed by atoms with Gasteiger partial charge in [0.15, 0.2) is 5.82 Å². The molecule has 3 aromatic rings. The fourth-order valence-corrected chi connectivity index (χ4v) is 8.18. The highest BCUT2D eigenvalue weighted by Gasteiger charge is 2.49. The monoisotopic (exact) mass is 633 g/mol. The Balaban J connectivity index is 0.991. The number of halogens is 1. The molecule has 1 amide bonds. The van der Waals surface area contributed by atoms with Gasteiger partial charge in [-0.1, -0.05) is 17.8 Å². The number of nitrogens with zero attached hydrogens (tertiary/aromatic N) is 5. The number of aromatic nitrogens is 3. The van der Waals surface area contributed by atoms with Gasteiger partial charge in [-0.2, -0.15) is 0 Å². The number of anilines is 3. The number of carbonyl (C=O) groups is 1. The number of nitrogens with one attached hydrogen (secondary N) is 2. The molecule has 13 heteroatoms. The van der Waals surface area contributed by atoms with Gasteiger partial charge in [0.1, 0.15) is 22.5 Å². The van der Waals surface area contributed by atoms with Crippen LogP contribution in [0, 0.1) is 11.2 Å². The molecule has 0 bridgehead atoms. The third-order valence-corrected chi connectivity index (χ3v) is 10.9. The molecular weight excluding hydrogens is 593 g/mol. The number of piperidine rings is 2. The van der Waals surface area contributed by atoms with E-state index in [0.29, 0.717) is 53.0 Å². The van der Waals surface area contributed by atoms with E-state index in [-0.39, 0.29) is 35.3 Å². The normalized spacial score (nSPS) is 24.4. The van der Waals surface area contributed by atoms with E-state index in [1.807, 2.05) is 11.0 Å². The molecule has 1 unspecified atom stereocenters. The van der Waals surface area contributed by atoms with E-state index in [9.17, 15) is 4.79 Å². The van der Waals surface area contributed by atoms with Crippen molar-refractivity contribution in [1.82, 2.24) is 30.5 Å². The van der Waals surface area contributed by atoms with Crippen LogP contribution in [0.1, 0.15) is 54.1 Å². The summed E-state index contributed by atoms with van der Waals surface area (Å²) in [6.45, 7) is 6.78. The van der Waals surface area contributed by atoms with Crippen molar-refractivity contribution in [2.75, 3.05) is 49.2 Å². The van der Waals surface area contributed by atoms with Gasteiger partial charge in [0.25, 0.3) is 5.91 Å². The van der Waals surface area contributed by atoms with E-state index in [1.165, 1.54) is 11.8 Å². The van der Waals surface area contributed by atoms with Crippen LogP contribution >= 0.6 is 11.8 Å². The molecule has 6 heterocycles. The van der Waals surface area contributed by atoms with Crippen LogP contribution in [0.15, 0.2) is 46.6 Å². The lowest BCUT2D eigenvalue weighted by atomic mass is 9.73. The molecule has 11 nitrogen and oxygen atoms in total. The second kappa shape index (κ2) is 12.3. The predicted molar refractivity (Wildman–Crippen MR) is 171 cm³/mol. The minimum Gasteiger partial charge on any atom is -0.384 e. The molecule has 0 radical (unpaired) electrons. The zero-order valence-electron chi connectivity index (χ0n) is 25.5. The molecule has 238 valence electrons. The van der Waals surface area contributed by atoms with Crippen molar-refractivity contribution in [2.45, 2.75) is 73.8 Å². The lowest BCUT2D eigenvalue weighted by Crippen LogP contribution is -2.52. The Morgan fingerprint density at radius 3 is 2.82 bits per heavy atom. The van der Waals surface area contributed by atoms with E-state index >= 15 is 4.39 Å². The quantitative estimate of drug-likeness (QED) is 0.304. The number of amides is 1. The number of carbonyl (C=O) groups excluding carboxylic acids is 1. The number of fused-ring (bicyclic) bond motifs is 1. The minimum absolute atomic E-state index is 0.00104. The van der Waals surface area contributed by atoms with Gasteiger partial charge in [-0.3, -0.25) is 4.79 Å². The molecule has 4 aliphatic heterocycles. The smallest absolute Gasteiger partial charge is 0.254 e. The number of ether oxygens (including phenoxy) is 1. The molecule has 3 atom stereocenters. The van der Waals surface area contributed by atoms with Gasteiger partial charge in [-0.25, -0.2) is 19.3 Å². The van der Waals surface area contributed by atoms with Crippen molar-refractivity contribution in [1.29, 1.82) is 0 Å². The van der Waals surface area contributed by atoms with Gasteiger partial charge in [0, 0.05) is 71.5 Å². The Morgan fingerprint density at radius 2 is 2.07 bits per heavy atom. The van der Waals surface area contributed by atoms with Crippen molar-refractivity contribution in [2.24, 2.45) is 5.41 Å². The zero-order chi connectivity index (χ0) is 31.1. The van der Waals surface area contributed by atoms with Crippen molar-refractivity contribution in [3.8, 4) is 0 Å². The third-order valence-electron chi connectivity index (χ3n) is 9.93. The first kappa shape index (κ1) is 30.2. The number of nitrogen functional groups attached to an aromatic ring is 2. The van der Waals surface area contributed by atoms with Crippen LogP contribution in [-0.2, 0) is 17.8 Å². The largest absolute Gasteiger partial charge is 0.384 e. The minimum atomic E-state index is -0.264. The summed E-state index contributed by atoms with van der Waals surface area (Å²) in [5.41, 5.74) is 13.7. The summed E-state index contributed by atoms with van der Waals surface area (Å²) >= 11 is 1.41. The summed E-state index contributed by atoms with van der Waals surface area (Å²) in [7, 11) is 0. The van der Waals surface area contributed by atoms with E-state index < -0.39 is 0 Å². The third kappa shape index (κ3) is 5.82. The first-order valence-corrected chi connectivity index (χ1v) is 16.6. The average Bonchev–Trinajstić information content (AvgIpc) is 3.55. The first-order valence-electron chi connectivity index (χ1n) is 15.7. The Labute approximate surface area is 266 Å². The Hall–Kier alpha value is -3.52. The Morgan fingerprint density at radius 1 is 1.22 bits per heavy atom. The summed E-state index contributed by atoms with van der Waals surface area (Å²) in [6.07, 6.45) is 7.21. The van der Waals surface area contributed by atoms with Gasteiger partial charge >= 0.3 is 0 Å². The van der Waals surface area contributed by atoms with Gasteiger partial charge < -0.3 is 36.6 Å². The maximum atomic E-state index is 15.8. The van der Waals surface area contributed by atoms with Gasteiger partial charge in [-0.05, 0) is 57.4 Å². The maximum absolute atomic E-state index is 15.8. The Bertz CT molecular complexity index is 1580. The van der Waals surface area contributed by atoms with E-state index in [0.717, 1.165) is 62.6 Å². The number of benzene rings is 1. The molecule has 3 fully saturated rings. The molecule has 1 aromatic carbocycles. The van der Waals surface area contributed by atoms with Gasteiger partial charge in [0.2, 0.25) is 0 Å². The van der Waals surface area contributed by atoms with Gasteiger partial charge in [-0.15, -0.1) is 0 Å². The summed E-state index contributed by atoms with van der Waals surface area (Å²) < 4.78 is 22.0. The second-order valence-corrected chi connectivity index (χ2v) is 13.7. The lowest BCUT2D eigenvalue weighted by molar-refractivity contribution is 0.0674. The van der Waals surface area contributed by atoms with E-state index in [4.69, 9.17) is 16.2 Å². The Kier molecular flexibility index (Phi) is 8.27. The molecule has 0 saturated carbocycles. The zero-order valence-corrected chi connectivity index (χ0v) is 26.3. The van der Waals surface area contributed by atoms with Crippen LogP contribution in [0.25, 0.3) is 0 Å². The SMILES string of the molecule is C[C@@H]1OCC2(CCN(c3cnc(Sc4ccnc(N)c4)c(N)n3)CC2)[C@@H]1NCc1ccc2c(c1F)CN(C1CCCNC1)C2=O. The van der Waals surface area contributed by atoms with Crippen LogP contribution in [0.5, 0.6) is 0 Å². The fourth-order valence-electron chi connectivity index (χ4n) is 7.39. The van der Waals surface area contributed by atoms with Crippen molar-refractivity contribution >= 4 is 35.1 Å². The highest BCUT2D eigenvalue weighted by Crippen LogP contribution is 2.43. The van der Waals surface area contributed by atoms with Crippen LogP contribution in [0.3, 0.4) is 0 Å². The van der Waals surface area contributed by atoms with Crippen LogP contribution in [0.2, 0.25) is 0 Å². The molecule has 2 aromatic heterocycles. The van der Waals surface area contributed by atoms with Crippen LogP contribution < -0.4 is 27.0 Å². The summed E-state index contributed by atoms with van der Waals surface area (Å²) in [5, 5.41) is 7.66.